The number of alkyl halides is 6. The highest BCUT2D eigenvalue weighted by atomic mass is 19.4. The summed E-state index contributed by atoms with van der Waals surface area (Å²) in [6.07, 6.45) is -7.45. The highest BCUT2D eigenvalue weighted by Gasteiger charge is 2.41. The number of allylic oxidation sites excluding steroid dienone is 4. The van der Waals surface area contributed by atoms with Crippen molar-refractivity contribution in [3.8, 4) is 5.75 Å². The number of aliphatic hydroxyl groups excluding tert-OH is 2. The molecule has 9 nitrogen and oxygen atoms in total. The Labute approximate surface area is 218 Å². The largest absolute Gasteiger partial charge is 0.512 e. The molecule has 0 aliphatic rings. The Morgan fingerprint density at radius 1 is 0.846 bits per heavy atom. The number of carboxylic acids is 1. The first-order valence-electron chi connectivity index (χ1n) is 10.1. The fourth-order valence-corrected chi connectivity index (χ4v) is 1.81. The molecule has 2 aromatic rings. The molecule has 1 aromatic carbocycles. The zero-order valence-corrected chi connectivity index (χ0v) is 20.5. The van der Waals surface area contributed by atoms with Crippen LogP contribution in [-0.2, 0) is 9.59 Å². The van der Waals surface area contributed by atoms with E-state index in [1.807, 2.05) is 12.1 Å². The van der Waals surface area contributed by atoms with Crippen LogP contribution in [-0.4, -0.2) is 68.6 Å². The van der Waals surface area contributed by atoms with E-state index in [4.69, 9.17) is 20.4 Å². The average Bonchev–Trinajstić information content (AvgIpc) is 2.80. The number of carboxylic acid groups (broad SMARTS) is 1. The molecule has 0 radical (unpaired) electrons. The minimum absolute atomic E-state index is 0.0625. The van der Waals surface area contributed by atoms with Gasteiger partial charge in [0.2, 0.25) is 5.76 Å². The third kappa shape index (κ3) is 19.1. The molecular weight excluding hydrogens is 542 g/mol. The van der Waals surface area contributed by atoms with Crippen LogP contribution in [0.25, 0.3) is 0 Å². The van der Waals surface area contributed by atoms with Crippen molar-refractivity contribution >= 4 is 23.8 Å². The van der Waals surface area contributed by atoms with E-state index in [-0.39, 0.29) is 23.0 Å². The third-order valence-corrected chi connectivity index (χ3v) is 3.34. The molecule has 1 heterocycles. The topological polar surface area (TPSA) is 157 Å². The first kappa shape index (κ1) is 36.5. The second-order valence-corrected chi connectivity index (χ2v) is 6.75. The van der Waals surface area contributed by atoms with E-state index in [1.165, 1.54) is 32.2 Å². The summed E-state index contributed by atoms with van der Waals surface area (Å²) in [5.74, 6) is -6.12. The molecule has 0 saturated carbocycles. The van der Waals surface area contributed by atoms with Gasteiger partial charge in [-0.1, -0.05) is 18.2 Å². The van der Waals surface area contributed by atoms with Gasteiger partial charge in [-0.05, 0) is 38.1 Å². The number of para-hydroxylation sites is 1. The van der Waals surface area contributed by atoms with Crippen molar-refractivity contribution < 1.29 is 61.2 Å². The average molecular weight is 566 g/mol. The van der Waals surface area contributed by atoms with Gasteiger partial charge >= 0.3 is 18.3 Å². The lowest BCUT2D eigenvalue weighted by molar-refractivity contribution is -0.166. The number of hydrogen-bond acceptors (Lipinski definition) is 8. The highest BCUT2D eigenvalue weighted by molar-refractivity contribution is 5.94. The minimum Gasteiger partial charge on any atom is -0.512 e. The lowest BCUT2D eigenvalue weighted by Crippen LogP contribution is -2.23. The van der Waals surface area contributed by atoms with Gasteiger partial charge in [0, 0.05) is 37.2 Å². The summed E-state index contributed by atoms with van der Waals surface area (Å²) in [4.78, 5) is 37.4. The fraction of sp³-hybridized carbons (Fsp3) is 0.208. The fourth-order valence-electron chi connectivity index (χ4n) is 1.81. The van der Waals surface area contributed by atoms with Crippen LogP contribution in [0.4, 0.5) is 26.3 Å². The Bertz CT molecular complexity index is 1160. The van der Waals surface area contributed by atoms with Crippen molar-refractivity contribution in [2.45, 2.75) is 26.2 Å². The van der Waals surface area contributed by atoms with Gasteiger partial charge < -0.3 is 20.4 Å². The molecule has 0 fully saturated rings. The van der Waals surface area contributed by atoms with Gasteiger partial charge in [-0.3, -0.25) is 14.6 Å². The van der Waals surface area contributed by atoms with E-state index < -0.39 is 35.9 Å². The van der Waals surface area contributed by atoms with Gasteiger partial charge in [0.05, 0.1) is 5.76 Å². The quantitative estimate of drug-likeness (QED) is 0.166. The summed E-state index contributed by atoms with van der Waals surface area (Å²) in [6, 6.07) is 11.8. The van der Waals surface area contributed by atoms with Gasteiger partial charge in [0.15, 0.2) is 5.78 Å². The summed E-state index contributed by atoms with van der Waals surface area (Å²) in [5, 5.41) is 33.8. The van der Waals surface area contributed by atoms with Crippen molar-refractivity contribution in [3.63, 3.8) is 0 Å². The number of benzene rings is 1. The SMILES string of the molecule is CC(=O)/C=C(/C)O.CN=Cc1ccccc1O.O=C(/C=C(\O)C(F)(F)F)C(F)(F)F.O=C(O)c1ccccn1. The van der Waals surface area contributed by atoms with Crippen LogP contribution < -0.4 is 0 Å². The van der Waals surface area contributed by atoms with Gasteiger partial charge in [-0.2, -0.15) is 26.3 Å². The van der Waals surface area contributed by atoms with Crippen molar-refractivity contribution in [1.82, 2.24) is 4.98 Å². The Kier molecular flexibility index (Phi) is 16.6. The van der Waals surface area contributed by atoms with Crippen LogP contribution >= 0.6 is 0 Å². The molecule has 0 aliphatic heterocycles. The maximum Gasteiger partial charge on any atom is 0.454 e. The Morgan fingerprint density at radius 2 is 1.38 bits per heavy atom. The van der Waals surface area contributed by atoms with Crippen LogP contribution in [0.15, 0.2) is 77.3 Å². The molecule has 0 saturated heterocycles. The van der Waals surface area contributed by atoms with Crippen molar-refractivity contribution in [2.75, 3.05) is 7.05 Å². The smallest absolute Gasteiger partial charge is 0.454 e. The van der Waals surface area contributed by atoms with Crippen molar-refractivity contribution in [3.05, 3.63) is 83.6 Å². The number of aliphatic imine (C=N–C) groups is 1. The van der Waals surface area contributed by atoms with Gasteiger partial charge in [-0.25, -0.2) is 9.78 Å². The van der Waals surface area contributed by atoms with E-state index in [2.05, 4.69) is 9.98 Å². The maximum absolute atomic E-state index is 11.4. The number of phenols is 1. The molecular formula is C24H24F6N2O7. The number of aromatic hydroxyl groups is 1. The maximum atomic E-state index is 11.4. The summed E-state index contributed by atoms with van der Waals surface area (Å²) in [7, 11) is 1.67. The number of carbonyl (C=O) groups excluding carboxylic acids is 2. The second-order valence-electron chi connectivity index (χ2n) is 6.75. The van der Waals surface area contributed by atoms with E-state index in [9.17, 15) is 40.7 Å². The molecule has 2 rings (SSSR count). The van der Waals surface area contributed by atoms with Crippen molar-refractivity contribution in [2.24, 2.45) is 4.99 Å². The van der Waals surface area contributed by atoms with E-state index in [0.29, 0.717) is 0 Å². The number of carbonyl (C=O) groups is 3. The number of aliphatic hydroxyl groups is 2. The normalized spacial score (nSPS) is 11.6. The molecule has 0 aliphatic carbocycles. The highest BCUT2D eigenvalue weighted by Crippen LogP contribution is 2.25. The molecule has 39 heavy (non-hydrogen) atoms. The number of pyridine rings is 1. The van der Waals surface area contributed by atoms with Crippen LogP contribution in [0.3, 0.4) is 0 Å². The number of hydrogen-bond donors (Lipinski definition) is 4. The van der Waals surface area contributed by atoms with Gasteiger partial charge in [0.25, 0.3) is 5.78 Å². The predicted molar refractivity (Wildman–Crippen MR) is 128 cm³/mol. The minimum atomic E-state index is -5.42. The van der Waals surface area contributed by atoms with Gasteiger partial charge in [-0.15, -0.1) is 0 Å². The third-order valence-electron chi connectivity index (χ3n) is 3.34. The molecule has 0 atom stereocenters. The van der Waals surface area contributed by atoms with Crippen LogP contribution in [0, 0.1) is 0 Å². The molecule has 0 unspecified atom stereocenters. The lowest BCUT2D eigenvalue weighted by atomic mass is 10.2. The Hall–Kier alpha value is -4.69. The summed E-state index contributed by atoms with van der Waals surface area (Å²) in [6.45, 7) is 2.85. The van der Waals surface area contributed by atoms with Gasteiger partial charge in [0.1, 0.15) is 11.4 Å². The number of halogens is 6. The zero-order chi connectivity index (χ0) is 30.8. The number of nitrogens with zero attached hydrogens (tertiary/aromatic N) is 2. The van der Waals surface area contributed by atoms with Crippen LogP contribution in [0.2, 0.25) is 0 Å². The predicted octanol–water partition coefficient (Wildman–Crippen LogP) is 5.38. The zero-order valence-electron chi connectivity index (χ0n) is 20.5. The second kappa shape index (κ2) is 17.7. The Balaban J connectivity index is 0. The Morgan fingerprint density at radius 3 is 1.69 bits per heavy atom. The molecule has 1 aromatic heterocycles. The van der Waals surface area contributed by atoms with E-state index in [0.717, 1.165) is 5.56 Å². The lowest BCUT2D eigenvalue weighted by Gasteiger charge is -2.05. The molecule has 0 amide bonds. The molecule has 15 heteroatoms. The number of ketones is 2. The monoisotopic (exact) mass is 566 g/mol. The number of rotatable bonds is 4. The molecule has 214 valence electrons. The number of aromatic nitrogens is 1. The molecule has 0 spiro atoms. The van der Waals surface area contributed by atoms with Crippen molar-refractivity contribution in [1.29, 1.82) is 0 Å². The van der Waals surface area contributed by atoms with E-state index >= 15 is 0 Å². The standard InChI is InChI=1S/C8H9NO.C6H5NO2.C5H2F6O2.C5H8O2/c1-9-6-7-4-2-3-5-8(7)10;8-6(9)5-3-1-2-4-7-5;6-4(7,8)2(12)1-3(13)5(9,10)11;1-4(6)3-5(2)7/h2-6,10H,1H3;1-4H,(H,8,9);1,12H;3,6H,1-2H3/b;;2-1-;4-3-. The summed E-state index contributed by atoms with van der Waals surface area (Å²) >= 11 is 0. The number of aromatic carboxylic acids is 1. The summed E-state index contributed by atoms with van der Waals surface area (Å²) in [5.41, 5.74) is 0.836. The summed E-state index contributed by atoms with van der Waals surface area (Å²) < 4.78 is 68.1. The first-order valence-corrected chi connectivity index (χ1v) is 10.1. The molecule has 4 N–H and O–H groups in total. The number of phenolic OH excluding ortho intramolecular Hbond substituents is 1. The van der Waals surface area contributed by atoms with Crippen LogP contribution in [0.5, 0.6) is 5.75 Å². The van der Waals surface area contributed by atoms with E-state index in [1.54, 1.807) is 37.5 Å². The first-order chi connectivity index (χ1) is 17.8. The van der Waals surface area contributed by atoms with Crippen LogP contribution in [0.1, 0.15) is 29.9 Å². The molecule has 0 bridgehead atoms.